The Morgan fingerprint density at radius 1 is 1.17 bits per heavy atom. The third-order valence-corrected chi connectivity index (χ3v) is 6.01. The van der Waals surface area contributed by atoms with Gasteiger partial charge in [-0.3, -0.25) is 4.18 Å². The number of rotatable bonds is 7. The number of nitrogens with two attached hydrogens (primary N) is 1. The van der Waals surface area contributed by atoms with Crippen LogP contribution in [0.1, 0.15) is 36.4 Å². The van der Waals surface area contributed by atoms with Crippen molar-refractivity contribution < 1.29 is 17.7 Å². The molecule has 5 N–H and O–H groups in total. The maximum atomic E-state index is 11.0. The zero-order chi connectivity index (χ0) is 20.4. The average Bonchev–Trinajstić information content (AvgIpc) is 3.24. The maximum Gasteiger partial charge on any atom is 0.333 e. The van der Waals surface area contributed by atoms with Crippen LogP contribution >= 0.6 is 0 Å². The second kappa shape index (κ2) is 8.23. The summed E-state index contributed by atoms with van der Waals surface area (Å²) < 4.78 is 26.6. The first-order chi connectivity index (χ1) is 13.9. The third-order valence-electron chi connectivity index (χ3n) is 5.55. The number of benzene rings is 1. The summed E-state index contributed by atoms with van der Waals surface area (Å²) in [5, 5.41) is 21.9. The summed E-state index contributed by atoms with van der Waals surface area (Å²) in [6.07, 6.45) is 3.90. The predicted molar refractivity (Wildman–Crippen MR) is 108 cm³/mol. The first kappa shape index (κ1) is 20.0. The van der Waals surface area contributed by atoms with Gasteiger partial charge in [-0.2, -0.15) is 8.42 Å². The maximum absolute atomic E-state index is 11.0. The van der Waals surface area contributed by atoms with Crippen molar-refractivity contribution in [2.24, 2.45) is 11.1 Å². The van der Waals surface area contributed by atoms with Crippen molar-refractivity contribution in [1.29, 1.82) is 0 Å². The van der Waals surface area contributed by atoms with Crippen LogP contribution in [0.4, 0.5) is 11.6 Å². The molecule has 1 fully saturated rings. The quantitative estimate of drug-likeness (QED) is 0.527. The average molecular weight is 420 g/mol. The van der Waals surface area contributed by atoms with Crippen molar-refractivity contribution in [1.82, 2.24) is 9.97 Å². The van der Waals surface area contributed by atoms with E-state index in [0.29, 0.717) is 24.5 Å². The van der Waals surface area contributed by atoms with Crippen LogP contribution in [0.2, 0.25) is 0 Å². The topological polar surface area (TPSA) is 139 Å². The molecule has 0 saturated heterocycles. The molecule has 29 heavy (non-hydrogen) atoms. The van der Waals surface area contributed by atoms with Crippen molar-refractivity contribution in [3.63, 3.8) is 0 Å². The molecule has 2 aliphatic carbocycles. The summed E-state index contributed by atoms with van der Waals surface area (Å²) in [5.74, 6) is 1.21. The van der Waals surface area contributed by atoms with Crippen LogP contribution in [0.5, 0.6) is 0 Å². The first-order valence-corrected chi connectivity index (χ1v) is 11.1. The Labute approximate surface area is 170 Å². The van der Waals surface area contributed by atoms with Gasteiger partial charge >= 0.3 is 10.3 Å². The molecule has 1 aromatic heterocycles. The summed E-state index contributed by atoms with van der Waals surface area (Å²) in [7, 11) is -3.97. The Morgan fingerprint density at radius 2 is 1.93 bits per heavy atom. The van der Waals surface area contributed by atoms with Crippen LogP contribution in [0.3, 0.4) is 0 Å². The van der Waals surface area contributed by atoms with Gasteiger partial charge in [0, 0.05) is 6.07 Å². The molecule has 9 nitrogen and oxygen atoms in total. The molecule has 4 rings (SSSR count). The van der Waals surface area contributed by atoms with Crippen molar-refractivity contribution in [3.8, 4) is 0 Å². The van der Waals surface area contributed by atoms with E-state index in [1.165, 1.54) is 17.5 Å². The number of aryl methyl sites for hydroxylation is 1. The van der Waals surface area contributed by atoms with Gasteiger partial charge in [0.1, 0.15) is 18.0 Å². The molecule has 0 aliphatic heterocycles. The molecule has 1 aromatic carbocycles. The molecule has 0 amide bonds. The minimum atomic E-state index is -3.97. The molecule has 0 radical (unpaired) electrons. The lowest BCUT2D eigenvalue weighted by atomic mass is 10.1. The molecule has 156 valence electrons. The smallest absolute Gasteiger partial charge is 0.333 e. The van der Waals surface area contributed by atoms with Crippen molar-refractivity contribution in [2.45, 2.75) is 43.9 Å². The monoisotopic (exact) mass is 419 g/mol. The highest BCUT2D eigenvalue weighted by Crippen LogP contribution is 2.34. The second-order valence-corrected chi connectivity index (χ2v) is 8.88. The van der Waals surface area contributed by atoms with Gasteiger partial charge in [-0.05, 0) is 42.7 Å². The number of anilines is 2. The Balaban J connectivity index is 1.37. The molecule has 0 bridgehead atoms. The van der Waals surface area contributed by atoms with E-state index >= 15 is 0 Å². The molecule has 1 heterocycles. The van der Waals surface area contributed by atoms with Gasteiger partial charge in [-0.1, -0.05) is 24.3 Å². The number of aliphatic hydroxyl groups is 1. The van der Waals surface area contributed by atoms with Gasteiger partial charge in [0.05, 0.1) is 24.8 Å². The molecule has 2 aliphatic rings. The normalized spacial score (nSPS) is 26.3. The second-order valence-electron chi connectivity index (χ2n) is 7.66. The third kappa shape index (κ3) is 5.02. The molecule has 1 saturated carbocycles. The van der Waals surface area contributed by atoms with Gasteiger partial charge in [0.2, 0.25) is 0 Å². The van der Waals surface area contributed by atoms with Crippen molar-refractivity contribution in [3.05, 3.63) is 47.8 Å². The fraction of sp³-hybridized carbons (Fsp3) is 0.474. The van der Waals surface area contributed by atoms with E-state index in [9.17, 15) is 13.5 Å². The fourth-order valence-corrected chi connectivity index (χ4v) is 4.57. The van der Waals surface area contributed by atoms with E-state index in [4.69, 9.17) is 5.14 Å². The molecule has 0 unspecified atom stereocenters. The van der Waals surface area contributed by atoms with E-state index in [-0.39, 0.29) is 24.6 Å². The van der Waals surface area contributed by atoms with Gasteiger partial charge < -0.3 is 15.7 Å². The number of hydrogen-bond donors (Lipinski definition) is 4. The van der Waals surface area contributed by atoms with Gasteiger partial charge in [0.15, 0.2) is 0 Å². The molecule has 2 aromatic rings. The number of hydrogen-bond acceptors (Lipinski definition) is 8. The molecule has 0 spiro atoms. The first-order valence-electron chi connectivity index (χ1n) is 9.65. The summed E-state index contributed by atoms with van der Waals surface area (Å²) in [6.45, 7) is -0.0360. The zero-order valence-corrected chi connectivity index (χ0v) is 16.7. The molecular formula is C19H25N5O4S. The fourth-order valence-electron chi connectivity index (χ4n) is 4.19. The van der Waals surface area contributed by atoms with E-state index in [0.717, 1.165) is 12.8 Å². The number of nitrogens with one attached hydrogen (secondary N) is 2. The largest absolute Gasteiger partial charge is 0.391 e. The van der Waals surface area contributed by atoms with Crippen LogP contribution in [0, 0.1) is 5.92 Å². The molecular weight excluding hydrogens is 394 g/mol. The highest BCUT2D eigenvalue weighted by Gasteiger charge is 2.34. The number of aromatic nitrogens is 2. The predicted octanol–water partition coefficient (Wildman–Crippen LogP) is 1.35. The summed E-state index contributed by atoms with van der Waals surface area (Å²) in [6, 6.07) is 10.2. The lowest BCUT2D eigenvalue weighted by Crippen LogP contribution is -2.28. The van der Waals surface area contributed by atoms with Crippen LogP contribution < -0.4 is 15.8 Å². The summed E-state index contributed by atoms with van der Waals surface area (Å²) in [5.41, 5.74) is 2.66. The van der Waals surface area contributed by atoms with E-state index in [1.54, 1.807) is 0 Å². The number of aliphatic hydroxyl groups excluding tert-OH is 1. The van der Waals surface area contributed by atoms with Crippen LogP contribution in [0.25, 0.3) is 0 Å². The van der Waals surface area contributed by atoms with E-state index in [2.05, 4.69) is 43.0 Å². The SMILES string of the molecule is NS(=O)(=O)OC[C@H]1C[C@@H](O)[C@H](Nc2cc(N[C@H]3CCc4ccccc43)ncn2)C1. The zero-order valence-electron chi connectivity index (χ0n) is 15.9. The van der Waals surface area contributed by atoms with Gasteiger partial charge in [-0.25, -0.2) is 15.1 Å². The lowest BCUT2D eigenvalue weighted by Gasteiger charge is -2.19. The van der Waals surface area contributed by atoms with Gasteiger partial charge in [0.25, 0.3) is 0 Å². The van der Waals surface area contributed by atoms with Crippen LogP contribution in [-0.2, 0) is 20.9 Å². The highest BCUT2D eigenvalue weighted by atomic mass is 32.2. The Bertz CT molecular complexity index is 971. The highest BCUT2D eigenvalue weighted by molar-refractivity contribution is 7.84. The van der Waals surface area contributed by atoms with E-state index in [1.807, 2.05) is 12.1 Å². The van der Waals surface area contributed by atoms with Gasteiger partial charge in [-0.15, -0.1) is 0 Å². The Hall–Kier alpha value is -2.27. The van der Waals surface area contributed by atoms with Crippen molar-refractivity contribution in [2.75, 3.05) is 17.2 Å². The Morgan fingerprint density at radius 3 is 2.72 bits per heavy atom. The van der Waals surface area contributed by atoms with Crippen LogP contribution in [0.15, 0.2) is 36.7 Å². The summed E-state index contributed by atoms with van der Waals surface area (Å²) in [4.78, 5) is 8.56. The summed E-state index contributed by atoms with van der Waals surface area (Å²) >= 11 is 0. The number of nitrogens with zero attached hydrogens (tertiary/aromatic N) is 2. The minimum Gasteiger partial charge on any atom is -0.391 e. The van der Waals surface area contributed by atoms with E-state index < -0.39 is 16.4 Å². The number of fused-ring (bicyclic) bond motifs is 1. The Kier molecular flexibility index (Phi) is 5.68. The standard InChI is InChI=1S/C19H25N5O4S/c20-29(26,27)28-10-12-7-16(17(25)8-12)24-19-9-18(21-11-22-19)23-15-6-5-13-3-1-2-4-14(13)15/h1-4,9,11-12,15-17,25H,5-8,10H2,(H2,20,26,27)(H2,21,22,23,24)/t12-,15+,16-,17-/m1/s1. The van der Waals surface area contributed by atoms with Crippen LogP contribution in [-0.4, -0.2) is 42.2 Å². The lowest BCUT2D eigenvalue weighted by molar-refractivity contribution is 0.160. The molecule has 10 heteroatoms. The van der Waals surface area contributed by atoms with Crippen molar-refractivity contribution >= 4 is 21.9 Å². The minimum absolute atomic E-state index is 0.0360. The molecule has 4 atom stereocenters.